The number of hydrogen-bond acceptors (Lipinski definition) is 3. The van der Waals surface area contributed by atoms with Gasteiger partial charge in [-0.15, -0.1) is 0 Å². The van der Waals surface area contributed by atoms with E-state index in [0.29, 0.717) is 4.99 Å². The van der Waals surface area contributed by atoms with Gasteiger partial charge in [-0.05, 0) is 16.5 Å². The highest BCUT2D eigenvalue weighted by Gasteiger charge is 2.13. The van der Waals surface area contributed by atoms with Crippen LogP contribution in [0.4, 0.5) is 0 Å². The molecule has 0 fully saturated rings. The van der Waals surface area contributed by atoms with Crippen molar-refractivity contribution in [1.29, 1.82) is 0 Å². The Bertz CT molecular complexity index is 437. The third-order valence-corrected chi connectivity index (χ3v) is 3.72. The van der Waals surface area contributed by atoms with Crippen molar-refractivity contribution in [2.75, 3.05) is 26.8 Å². The Morgan fingerprint density at radius 2 is 1.81 bits per heavy atom. The zero-order valence-corrected chi connectivity index (χ0v) is 14.5. The molecule has 0 bridgehead atoms. The quantitative estimate of drug-likeness (QED) is 0.749. The fourth-order valence-electron chi connectivity index (χ4n) is 2.13. The van der Waals surface area contributed by atoms with Gasteiger partial charge in [-0.3, -0.25) is 4.90 Å². The smallest absolute Gasteiger partial charge is 0.0740 e. The number of benzene rings is 1. The predicted octanol–water partition coefficient (Wildman–Crippen LogP) is 3.11. The Labute approximate surface area is 134 Å². The molecule has 0 aromatic heterocycles. The number of thiocarbonyl (C=S) groups is 1. The van der Waals surface area contributed by atoms with Gasteiger partial charge in [-0.25, -0.2) is 0 Å². The maximum absolute atomic E-state index is 5.60. The molecule has 0 aliphatic heterocycles. The first kappa shape index (κ1) is 18.1. The van der Waals surface area contributed by atoms with Gasteiger partial charge in [0.15, 0.2) is 0 Å². The van der Waals surface area contributed by atoms with Gasteiger partial charge in [0.05, 0.1) is 11.6 Å². The minimum Gasteiger partial charge on any atom is -0.393 e. The summed E-state index contributed by atoms with van der Waals surface area (Å²) in [4.78, 5) is 2.90. The molecule has 0 amide bonds. The highest BCUT2D eigenvalue weighted by molar-refractivity contribution is 7.80. The van der Waals surface area contributed by atoms with Gasteiger partial charge in [0.25, 0.3) is 0 Å². The molecule has 21 heavy (non-hydrogen) atoms. The molecule has 4 heteroatoms. The molecule has 1 aromatic rings. The minimum absolute atomic E-state index is 0.194. The number of methoxy groups -OCH3 is 1. The molecule has 0 saturated heterocycles. The molecule has 0 aliphatic rings. The van der Waals surface area contributed by atoms with Crippen LogP contribution in [0.15, 0.2) is 24.3 Å². The molecule has 0 aliphatic carbocycles. The Morgan fingerprint density at radius 1 is 1.19 bits per heavy atom. The summed E-state index contributed by atoms with van der Waals surface area (Å²) >= 11 is 4.97. The normalized spacial score (nSPS) is 11.9. The summed E-state index contributed by atoms with van der Waals surface area (Å²) in [6, 6.07) is 8.86. The molecule has 0 atom stereocenters. The van der Waals surface area contributed by atoms with Gasteiger partial charge in [-0.1, -0.05) is 57.3 Å². The third-order valence-electron chi connectivity index (χ3n) is 3.51. The lowest BCUT2D eigenvalue weighted by molar-refractivity contribution is 0.146. The van der Waals surface area contributed by atoms with E-state index in [1.165, 1.54) is 11.1 Å². The SMILES string of the molecule is COCCN(CCC(N)=S)Cc1ccc(C(C)(C)C)cc1. The van der Waals surface area contributed by atoms with Gasteiger partial charge in [-0.2, -0.15) is 0 Å². The Kier molecular flexibility index (Phi) is 7.29. The van der Waals surface area contributed by atoms with Gasteiger partial charge in [0.2, 0.25) is 0 Å². The summed E-state index contributed by atoms with van der Waals surface area (Å²) in [5.41, 5.74) is 8.47. The predicted molar refractivity (Wildman–Crippen MR) is 93.7 cm³/mol. The topological polar surface area (TPSA) is 38.5 Å². The first-order valence-corrected chi connectivity index (χ1v) is 7.83. The van der Waals surface area contributed by atoms with Crippen molar-refractivity contribution in [2.45, 2.75) is 39.2 Å². The number of nitrogens with two attached hydrogens (primary N) is 1. The summed E-state index contributed by atoms with van der Waals surface area (Å²) in [7, 11) is 1.73. The van der Waals surface area contributed by atoms with Crippen LogP contribution < -0.4 is 5.73 Å². The number of rotatable bonds is 8. The Morgan fingerprint density at radius 3 is 2.29 bits per heavy atom. The standard InChI is InChI=1S/C17H28N2OS/c1-17(2,3)15-7-5-14(6-8-15)13-19(11-12-20-4)10-9-16(18)21/h5-8H,9-13H2,1-4H3,(H2,18,21). The maximum atomic E-state index is 5.60. The summed E-state index contributed by atoms with van der Waals surface area (Å²) in [5.74, 6) is 0. The van der Waals surface area contributed by atoms with Crippen molar-refractivity contribution in [3.63, 3.8) is 0 Å². The van der Waals surface area contributed by atoms with Crippen LogP contribution in [0.5, 0.6) is 0 Å². The number of nitrogens with zero attached hydrogens (tertiary/aromatic N) is 1. The molecule has 0 heterocycles. The summed E-state index contributed by atoms with van der Waals surface area (Å²) in [6.45, 7) is 10.1. The van der Waals surface area contributed by atoms with Crippen LogP contribution in [-0.2, 0) is 16.7 Å². The molecule has 1 aromatic carbocycles. The van der Waals surface area contributed by atoms with Crippen molar-refractivity contribution in [1.82, 2.24) is 4.90 Å². The lowest BCUT2D eigenvalue weighted by Crippen LogP contribution is -2.30. The average Bonchev–Trinajstić information content (AvgIpc) is 2.41. The minimum atomic E-state index is 0.194. The van der Waals surface area contributed by atoms with Crippen molar-refractivity contribution < 1.29 is 4.74 Å². The molecule has 118 valence electrons. The van der Waals surface area contributed by atoms with Crippen molar-refractivity contribution in [3.05, 3.63) is 35.4 Å². The van der Waals surface area contributed by atoms with E-state index in [9.17, 15) is 0 Å². The monoisotopic (exact) mass is 308 g/mol. The third kappa shape index (κ3) is 7.02. The molecule has 0 unspecified atom stereocenters. The molecule has 0 saturated carbocycles. The highest BCUT2D eigenvalue weighted by Crippen LogP contribution is 2.22. The fraction of sp³-hybridized carbons (Fsp3) is 0.588. The van der Waals surface area contributed by atoms with Crippen molar-refractivity contribution >= 4 is 17.2 Å². The van der Waals surface area contributed by atoms with Crippen LogP contribution in [0.3, 0.4) is 0 Å². The van der Waals surface area contributed by atoms with Crippen LogP contribution in [0.25, 0.3) is 0 Å². The van der Waals surface area contributed by atoms with Gasteiger partial charge >= 0.3 is 0 Å². The molecular weight excluding hydrogens is 280 g/mol. The van der Waals surface area contributed by atoms with Crippen LogP contribution in [0.1, 0.15) is 38.3 Å². The zero-order chi connectivity index (χ0) is 15.9. The van der Waals surface area contributed by atoms with Crippen LogP contribution in [-0.4, -0.2) is 36.7 Å². The molecular formula is C17H28N2OS. The summed E-state index contributed by atoms with van der Waals surface area (Å²) < 4.78 is 5.17. The van der Waals surface area contributed by atoms with E-state index in [1.54, 1.807) is 7.11 Å². The molecule has 0 spiro atoms. The first-order chi connectivity index (χ1) is 9.82. The summed E-state index contributed by atoms with van der Waals surface area (Å²) in [6.07, 6.45) is 0.749. The van der Waals surface area contributed by atoms with Gasteiger partial charge < -0.3 is 10.5 Å². The molecule has 1 rings (SSSR count). The average molecular weight is 308 g/mol. The number of hydrogen-bond donors (Lipinski definition) is 1. The maximum Gasteiger partial charge on any atom is 0.0740 e. The van der Waals surface area contributed by atoms with Crippen LogP contribution >= 0.6 is 12.2 Å². The molecule has 3 nitrogen and oxygen atoms in total. The first-order valence-electron chi connectivity index (χ1n) is 7.42. The van der Waals surface area contributed by atoms with Gasteiger partial charge in [0.1, 0.15) is 0 Å². The van der Waals surface area contributed by atoms with E-state index in [0.717, 1.165) is 32.7 Å². The van der Waals surface area contributed by atoms with E-state index in [1.807, 2.05) is 0 Å². The van der Waals surface area contributed by atoms with Crippen LogP contribution in [0, 0.1) is 0 Å². The second kappa shape index (κ2) is 8.47. The zero-order valence-electron chi connectivity index (χ0n) is 13.7. The van der Waals surface area contributed by atoms with E-state index in [4.69, 9.17) is 22.7 Å². The van der Waals surface area contributed by atoms with Crippen molar-refractivity contribution in [2.24, 2.45) is 5.73 Å². The molecule has 0 radical (unpaired) electrons. The Hall–Kier alpha value is -0.970. The van der Waals surface area contributed by atoms with E-state index < -0.39 is 0 Å². The highest BCUT2D eigenvalue weighted by atomic mass is 32.1. The van der Waals surface area contributed by atoms with Crippen LogP contribution in [0.2, 0.25) is 0 Å². The lowest BCUT2D eigenvalue weighted by atomic mass is 9.87. The lowest BCUT2D eigenvalue weighted by Gasteiger charge is -2.23. The van der Waals surface area contributed by atoms with Gasteiger partial charge in [0, 0.05) is 33.2 Å². The largest absolute Gasteiger partial charge is 0.393 e. The fourth-order valence-corrected chi connectivity index (χ4v) is 2.22. The van der Waals surface area contributed by atoms with E-state index >= 15 is 0 Å². The molecule has 2 N–H and O–H groups in total. The second-order valence-corrected chi connectivity index (χ2v) is 6.96. The summed E-state index contributed by atoms with van der Waals surface area (Å²) in [5, 5.41) is 0. The Balaban J connectivity index is 2.66. The second-order valence-electron chi connectivity index (χ2n) is 6.43. The van der Waals surface area contributed by atoms with Crippen molar-refractivity contribution in [3.8, 4) is 0 Å². The number of ether oxygens (including phenoxy) is 1. The van der Waals surface area contributed by atoms with E-state index in [2.05, 4.69) is 49.9 Å². The van der Waals surface area contributed by atoms with E-state index in [-0.39, 0.29) is 5.41 Å².